The zero-order chi connectivity index (χ0) is 24.8. The second-order valence-electron chi connectivity index (χ2n) is 7.93. The van der Waals surface area contributed by atoms with Crippen LogP contribution < -0.4 is 4.74 Å². The topological polar surface area (TPSA) is 39.9 Å². The first kappa shape index (κ1) is 24.7. The van der Waals surface area contributed by atoms with Crippen LogP contribution in [-0.4, -0.2) is 14.5 Å². The number of nitrogens with zero attached hydrogens (tertiary/aromatic N) is 3. The predicted molar refractivity (Wildman–Crippen MR) is 126 cm³/mol. The van der Waals surface area contributed by atoms with Gasteiger partial charge >= 0.3 is 21.1 Å². The molecule has 0 bridgehead atoms. The van der Waals surface area contributed by atoms with Gasteiger partial charge in [0.1, 0.15) is 17.5 Å². The molecule has 6 aromatic rings. The SMILES string of the molecule is Fc1cc(Oc2cc(F)ccn2)[c-]c(-c2[c-]c3c(c(F)c2)c2cc(F)ccc2n3-c2ccccn2)c1.[Pt+2]. The van der Waals surface area contributed by atoms with Crippen LogP contribution in [0.2, 0.25) is 0 Å². The van der Waals surface area contributed by atoms with Crippen LogP contribution in [0.1, 0.15) is 0 Å². The van der Waals surface area contributed by atoms with Crippen molar-refractivity contribution in [1.29, 1.82) is 0 Å². The third-order valence-electron chi connectivity index (χ3n) is 5.58. The van der Waals surface area contributed by atoms with Gasteiger partial charge in [-0.05, 0) is 52.7 Å². The van der Waals surface area contributed by atoms with Crippen LogP contribution >= 0.6 is 0 Å². The molecule has 0 unspecified atom stereocenters. The number of aromatic nitrogens is 3. The summed E-state index contributed by atoms with van der Waals surface area (Å²) in [7, 11) is 0. The van der Waals surface area contributed by atoms with Gasteiger partial charge in [-0.25, -0.2) is 38.7 Å². The number of pyridine rings is 2. The first-order valence-corrected chi connectivity index (χ1v) is 10.8. The van der Waals surface area contributed by atoms with Gasteiger partial charge in [-0.2, -0.15) is 18.2 Å². The van der Waals surface area contributed by atoms with Crippen LogP contribution in [0.25, 0.3) is 38.8 Å². The number of rotatable bonds is 4. The molecule has 0 amide bonds. The zero-order valence-corrected chi connectivity index (χ0v) is 20.9. The van der Waals surface area contributed by atoms with Gasteiger partial charge < -0.3 is 9.30 Å². The van der Waals surface area contributed by atoms with Crippen molar-refractivity contribution in [2.45, 2.75) is 0 Å². The van der Waals surface area contributed by atoms with Crippen molar-refractivity contribution in [3.8, 4) is 28.6 Å². The molecule has 9 heteroatoms. The molecular formula is C28H13F4N3OPt. The Balaban J connectivity index is 0.00000280. The van der Waals surface area contributed by atoms with Crippen molar-refractivity contribution >= 4 is 21.8 Å². The summed E-state index contributed by atoms with van der Waals surface area (Å²) in [6.07, 6.45) is 2.79. The monoisotopic (exact) mass is 678 g/mol. The molecule has 0 aliphatic heterocycles. The zero-order valence-electron chi connectivity index (χ0n) is 18.6. The maximum Gasteiger partial charge on any atom is 2.00 e. The van der Waals surface area contributed by atoms with Gasteiger partial charge in [0.05, 0.1) is 0 Å². The molecule has 0 saturated heterocycles. The van der Waals surface area contributed by atoms with Crippen LogP contribution in [0.4, 0.5) is 17.6 Å². The molecule has 184 valence electrons. The van der Waals surface area contributed by atoms with Gasteiger partial charge in [-0.3, -0.25) is 0 Å². The standard InChI is InChI=1S/C28H13F4N3O.Pt/c29-18-4-5-24-22(14-18)28-23(32)11-17(12-25(28)35(24)26-3-1-2-7-33-26)16-9-20(31)13-21(10-16)36-27-15-19(30)6-8-34-27;/h1-9,11,13-15H;/q-2;+2. The molecule has 0 spiro atoms. The van der Waals surface area contributed by atoms with Gasteiger partial charge in [0.2, 0.25) is 5.88 Å². The quantitative estimate of drug-likeness (QED) is 0.147. The van der Waals surface area contributed by atoms with E-state index in [1.165, 1.54) is 24.4 Å². The number of fused-ring (bicyclic) bond motifs is 3. The average Bonchev–Trinajstić information content (AvgIpc) is 3.18. The van der Waals surface area contributed by atoms with E-state index in [4.69, 9.17) is 4.74 Å². The number of hydrogen-bond donors (Lipinski definition) is 0. The van der Waals surface area contributed by atoms with Crippen molar-refractivity contribution in [2.24, 2.45) is 0 Å². The van der Waals surface area contributed by atoms with E-state index in [2.05, 4.69) is 22.1 Å². The van der Waals surface area contributed by atoms with Crippen molar-refractivity contribution in [2.75, 3.05) is 0 Å². The second kappa shape index (κ2) is 9.79. The Kier molecular flexibility index (Phi) is 6.52. The van der Waals surface area contributed by atoms with Crippen molar-refractivity contribution < 1.29 is 43.4 Å². The first-order valence-electron chi connectivity index (χ1n) is 10.8. The van der Waals surface area contributed by atoms with E-state index in [1.54, 1.807) is 35.0 Å². The maximum absolute atomic E-state index is 15.5. The molecule has 3 aromatic heterocycles. The average molecular weight is 679 g/mol. The fourth-order valence-corrected chi connectivity index (χ4v) is 4.12. The largest absolute Gasteiger partial charge is 2.00 e. The Hall–Kier alpha value is -4.03. The molecule has 0 aliphatic carbocycles. The van der Waals surface area contributed by atoms with Crippen LogP contribution in [0.5, 0.6) is 11.6 Å². The summed E-state index contributed by atoms with van der Waals surface area (Å²) in [4.78, 5) is 8.24. The normalized spacial score (nSPS) is 11.0. The molecule has 0 radical (unpaired) electrons. The molecule has 0 fully saturated rings. The number of halogens is 4. The summed E-state index contributed by atoms with van der Waals surface area (Å²) in [6, 6.07) is 20.9. The third-order valence-corrected chi connectivity index (χ3v) is 5.58. The van der Waals surface area contributed by atoms with Gasteiger partial charge in [0, 0.05) is 41.4 Å². The molecule has 3 heterocycles. The van der Waals surface area contributed by atoms with Crippen LogP contribution in [0, 0.1) is 35.4 Å². The first-order chi connectivity index (χ1) is 17.5. The smallest absolute Gasteiger partial charge is 0.460 e. The molecule has 6 rings (SSSR count). The molecule has 0 atom stereocenters. The van der Waals surface area contributed by atoms with Crippen molar-refractivity contribution in [3.63, 3.8) is 0 Å². The van der Waals surface area contributed by atoms with Gasteiger partial charge in [0.25, 0.3) is 0 Å². The Morgan fingerprint density at radius 3 is 2.32 bits per heavy atom. The summed E-state index contributed by atoms with van der Waals surface area (Å²) >= 11 is 0. The molecule has 0 aliphatic rings. The fourth-order valence-electron chi connectivity index (χ4n) is 4.12. The summed E-state index contributed by atoms with van der Waals surface area (Å²) in [5.74, 6) is -2.13. The minimum atomic E-state index is -0.684. The molecule has 4 nitrogen and oxygen atoms in total. The Labute approximate surface area is 222 Å². The summed E-state index contributed by atoms with van der Waals surface area (Å²) < 4.78 is 64.8. The molecule has 0 N–H and O–H groups in total. The van der Waals surface area contributed by atoms with E-state index in [9.17, 15) is 13.2 Å². The fraction of sp³-hybridized carbons (Fsp3) is 0. The molecule has 3 aromatic carbocycles. The van der Waals surface area contributed by atoms with Crippen LogP contribution in [-0.2, 0) is 21.1 Å². The number of benzene rings is 3. The van der Waals surface area contributed by atoms with E-state index in [0.29, 0.717) is 16.7 Å². The Morgan fingerprint density at radius 1 is 0.730 bits per heavy atom. The van der Waals surface area contributed by atoms with E-state index in [1.807, 2.05) is 0 Å². The maximum atomic E-state index is 15.5. The van der Waals surface area contributed by atoms with E-state index >= 15 is 4.39 Å². The van der Waals surface area contributed by atoms with Gasteiger partial charge in [0.15, 0.2) is 0 Å². The van der Waals surface area contributed by atoms with Crippen LogP contribution in [0.15, 0.2) is 79.1 Å². The summed E-state index contributed by atoms with van der Waals surface area (Å²) in [5.41, 5.74) is 1.14. The minimum Gasteiger partial charge on any atom is -0.460 e. The predicted octanol–water partition coefficient (Wildman–Crippen LogP) is 7.19. The van der Waals surface area contributed by atoms with Crippen molar-refractivity contribution in [1.82, 2.24) is 14.5 Å². The molecular weight excluding hydrogens is 665 g/mol. The minimum absolute atomic E-state index is 0. The Morgan fingerprint density at radius 2 is 1.54 bits per heavy atom. The summed E-state index contributed by atoms with van der Waals surface area (Å²) in [5, 5.41) is 0.496. The Bertz CT molecular complexity index is 1770. The molecule has 0 saturated carbocycles. The van der Waals surface area contributed by atoms with Gasteiger partial charge in [-0.1, -0.05) is 12.1 Å². The van der Waals surface area contributed by atoms with E-state index in [0.717, 1.165) is 24.3 Å². The summed E-state index contributed by atoms with van der Waals surface area (Å²) in [6.45, 7) is 0. The number of ether oxygens (including phenoxy) is 1. The van der Waals surface area contributed by atoms with E-state index < -0.39 is 23.3 Å². The second-order valence-corrected chi connectivity index (χ2v) is 7.93. The van der Waals surface area contributed by atoms with Crippen molar-refractivity contribution in [3.05, 3.63) is 115 Å². The van der Waals surface area contributed by atoms with E-state index in [-0.39, 0.29) is 54.7 Å². The van der Waals surface area contributed by atoms with Gasteiger partial charge in [-0.15, -0.1) is 6.07 Å². The molecule has 37 heavy (non-hydrogen) atoms. The number of hydrogen-bond acceptors (Lipinski definition) is 3. The third kappa shape index (κ3) is 4.60. The van der Waals surface area contributed by atoms with Crippen LogP contribution in [0.3, 0.4) is 0 Å².